The van der Waals surface area contributed by atoms with Gasteiger partial charge in [-0.2, -0.15) is 0 Å². The molecule has 54 valence electrons. The Labute approximate surface area is 54.4 Å². The van der Waals surface area contributed by atoms with Gasteiger partial charge in [-0.3, -0.25) is 4.79 Å². The fourth-order valence-corrected chi connectivity index (χ4v) is 0.410. The van der Waals surface area contributed by atoms with E-state index in [1.54, 1.807) is 0 Å². The first kappa shape index (κ1) is 8.57. The molecule has 0 unspecified atom stereocenters. The van der Waals surface area contributed by atoms with Gasteiger partial charge in [-0.05, 0) is 0 Å². The second kappa shape index (κ2) is 2.92. The molecule has 0 radical (unpaired) electrons. The fraction of sp³-hybridized carbons (Fsp3) is 0.667. The van der Waals surface area contributed by atoms with Crippen molar-refractivity contribution in [3.8, 4) is 0 Å². The maximum atomic E-state index is 10.2. The second-order valence-electron chi connectivity index (χ2n) is 1.53. The summed E-state index contributed by atoms with van der Waals surface area (Å²) in [5, 5.41) is 24.4. The topological polar surface area (TPSA) is 87.0 Å². The van der Waals surface area contributed by atoms with E-state index in [4.69, 9.17) is 15.3 Å². The molecule has 0 fully saturated rings. The summed E-state index contributed by atoms with van der Waals surface area (Å²) in [7, 11) is 0.183. The average Bonchev–Trinajstić information content (AvgIpc) is 1.62. The Morgan fingerprint density at radius 2 is 2.00 bits per heavy atom. The molecular weight excluding hydrogens is 144 g/mol. The lowest BCUT2D eigenvalue weighted by Crippen LogP contribution is -2.31. The average molecular weight is 152 g/mol. The molecule has 0 rings (SSSR count). The normalized spacial score (nSPS) is 11.4. The Morgan fingerprint density at radius 3 is 2.11 bits per heavy atom. The molecule has 0 atom stereocenters. The first-order valence-electron chi connectivity index (χ1n) is 2.19. The Bertz CT molecular complexity index is 105. The van der Waals surface area contributed by atoms with E-state index >= 15 is 0 Å². The van der Waals surface area contributed by atoms with Crippen LogP contribution >= 0.6 is 0 Å². The van der Waals surface area contributed by atoms with E-state index in [2.05, 4.69) is 4.43 Å². The zero-order chi connectivity index (χ0) is 7.49. The van der Waals surface area contributed by atoms with Crippen molar-refractivity contribution in [3.63, 3.8) is 0 Å². The van der Waals surface area contributed by atoms with Gasteiger partial charge in [-0.1, -0.05) is 0 Å². The van der Waals surface area contributed by atoms with E-state index < -0.39 is 18.4 Å². The van der Waals surface area contributed by atoms with Crippen LogP contribution in [0.4, 0.5) is 0 Å². The van der Waals surface area contributed by atoms with Crippen molar-refractivity contribution in [2.24, 2.45) is 0 Å². The third-order valence-electron chi connectivity index (χ3n) is 0.609. The number of rotatable bonds is 2. The van der Waals surface area contributed by atoms with Crippen molar-refractivity contribution in [2.45, 2.75) is 12.4 Å². The SMILES string of the molecule is O=C(CC(O)(O)O)O[SiH3]. The summed E-state index contributed by atoms with van der Waals surface area (Å²) in [6.45, 7) is 0. The van der Waals surface area contributed by atoms with Gasteiger partial charge in [0.05, 0.1) is 0 Å². The van der Waals surface area contributed by atoms with E-state index in [0.29, 0.717) is 0 Å². The van der Waals surface area contributed by atoms with Crippen LogP contribution in [0.3, 0.4) is 0 Å². The molecule has 3 N–H and O–H groups in total. The molecule has 0 heterocycles. The fourth-order valence-electron chi connectivity index (χ4n) is 0.266. The predicted octanol–water partition coefficient (Wildman–Crippen LogP) is -3.17. The lowest BCUT2D eigenvalue weighted by Gasteiger charge is -2.11. The van der Waals surface area contributed by atoms with Crippen LogP contribution in [-0.2, 0) is 9.22 Å². The highest BCUT2D eigenvalue weighted by Gasteiger charge is 2.22. The Balaban J connectivity index is 3.60. The molecule has 0 aliphatic carbocycles. The largest absolute Gasteiger partial charge is 0.529 e. The number of carbonyl (C=O) groups is 1. The van der Waals surface area contributed by atoms with Crippen LogP contribution in [0, 0.1) is 0 Å². The maximum absolute atomic E-state index is 10.2. The van der Waals surface area contributed by atoms with Gasteiger partial charge in [0.15, 0.2) is 0 Å². The minimum atomic E-state index is -2.93. The Hall–Kier alpha value is -0.433. The Morgan fingerprint density at radius 1 is 1.56 bits per heavy atom. The van der Waals surface area contributed by atoms with Gasteiger partial charge in [0.25, 0.3) is 11.9 Å². The van der Waals surface area contributed by atoms with Crippen LogP contribution in [0.2, 0.25) is 0 Å². The minimum absolute atomic E-state index is 0.183. The molecule has 5 nitrogen and oxygen atoms in total. The van der Waals surface area contributed by atoms with Crippen LogP contribution in [0.1, 0.15) is 6.42 Å². The molecule has 0 amide bonds. The summed E-state index contributed by atoms with van der Waals surface area (Å²) in [5.41, 5.74) is 0. The summed E-state index contributed by atoms with van der Waals surface area (Å²) >= 11 is 0. The molecule has 0 aromatic carbocycles. The molecular formula is C3H8O5Si. The van der Waals surface area contributed by atoms with E-state index in [-0.39, 0.29) is 10.5 Å². The van der Waals surface area contributed by atoms with Gasteiger partial charge in [0.1, 0.15) is 6.42 Å². The smallest absolute Gasteiger partial charge is 0.300 e. The zero-order valence-electron chi connectivity index (χ0n) is 4.87. The molecule has 0 aliphatic heterocycles. The predicted molar refractivity (Wildman–Crippen MR) is 30.0 cm³/mol. The van der Waals surface area contributed by atoms with Crippen LogP contribution in [-0.4, -0.2) is 37.7 Å². The molecule has 0 bridgehead atoms. The molecule has 0 aromatic rings. The van der Waals surface area contributed by atoms with Crippen LogP contribution in [0.5, 0.6) is 0 Å². The summed E-state index contributed by atoms with van der Waals surface area (Å²) in [4.78, 5) is 10.2. The first-order chi connectivity index (χ1) is 3.95. The highest BCUT2D eigenvalue weighted by molar-refractivity contribution is 6.05. The summed E-state index contributed by atoms with van der Waals surface area (Å²) in [6.07, 6.45) is -0.809. The number of carbonyl (C=O) groups excluding carboxylic acids is 1. The van der Waals surface area contributed by atoms with Crippen LogP contribution in [0.15, 0.2) is 0 Å². The van der Waals surface area contributed by atoms with Crippen molar-refractivity contribution in [3.05, 3.63) is 0 Å². The molecule has 0 aromatic heterocycles. The Kier molecular flexibility index (Phi) is 2.78. The summed E-state index contributed by atoms with van der Waals surface area (Å²) in [6, 6.07) is 0. The summed E-state index contributed by atoms with van der Waals surface area (Å²) in [5.74, 6) is -3.75. The number of aliphatic hydroxyl groups is 3. The van der Waals surface area contributed by atoms with Crippen molar-refractivity contribution in [2.75, 3.05) is 0 Å². The third-order valence-corrected chi connectivity index (χ3v) is 1.06. The quantitative estimate of drug-likeness (QED) is 0.287. The molecule has 0 saturated carbocycles. The molecule has 6 heteroatoms. The van der Waals surface area contributed by atoms with Crippen molar-refractivity contribution in [1.82, 2.24) is 0 Å². The zero-order valence-corrected chi connectivity index (χ0v) is 6.87. The van der Waals surface area contributed by atoms with E-state index in [9.17, 15) is 4.79 Å². The number of hydrogen-bond acceptors (Lipinski definition) is 5. The van der Waals surface area contributed by atoms with Crippen molar-refractivity contribution in [1.29, 1.82) is 0 Å². The van der Waals surface area contributed by atoms with E-state index in [0.717, 1.165) is 0 Å². The number of hydrogen-bond donors (Lipinski definition) is 3. The van der Waals surface area contributed by atoms with Gasteiger partial charge in [-0.25, -0.2) is 0 Å². The van der Waals surface area contributed by atoms with Gasteiger partial charge >= 0.3 is 0 Å². The van der Waals surface area contributed by atoms with Gasteiger partial charge in [0.2, 0.25) is 10.5 Å². The summed E-state index contributed by atoms with van der Waals surface area (Å²) < 4.78 is 4.15. The monoisotopic (exact) mass is 152 g/mol. The molecule has 0 aliphatic rings. The standard InChI is InChI=1S/C3H8O5Si/c4-2(8-9)1-3(5,6)7/h5-7H,1H2,9H3. The van der Waals surface area contributed by atoms with Crippen LogP contribution in [0.25, 0.3) is 0 Å². The van der Waals surface area contributed by atoms with Crippen molar-refractivity contribution >= 4 is 16.5 Å². The van der Waals surface area contributed by atoms with Gasteiger partial charge < -0.3 is 19.7 Å². The highest BCUT2D eigenvalue weighted by Crippen LogP contribution is 1.99. The van der Waals surface area contributed by atoms with Crippen LogP contribution < -0.4 is 0 Å². The highest BCUT2D eigenvalue weighted by atomic mass is 28.2. The van der Waals surface area contributed by atoms with Gasteiger partial charge in [0, 0.05) is 0 Å². The van der Waals surface area contributed by atoms with Crippen molar-refractivity contribution < 1.29 is 24.5 Å². The molecule has 0 spiro atoms. The molecule has 9 heavy (non-hydrogen) atoms. The maximum Gasteiger partial charge on any atom is 0.300 e. The lowest BCUT2D eigenvalue weighted by atomic mass is 10.4. The third kappa shape index (κ3) is 5.44. The lowest BCUT2D eigenvalue weighted by molar-refractivity contribution is -0.311. The van der Waals surface area contributed by atoms with E-state index in [1.165, 1.54) is 0 Å². The second-order valence-corrected chi connectivity index (χ2v) is 1.94. The minimum Gasteiger partial charge on any atom is -0.529 e. The first-order valence-corrected chi connectivity index (χ1v) is 3.01. The van der Waals surface area contributed by atoms with E-state index in [1.807, 2.05) is 0 Å². The molecule has 0 saturated heterocycles. The van der Waals surface area contributed by atoms with Gasteiger partial charge in [-0.15, -0.1) is 0 Å².